The van der Waals surface area contributed by atoms with Crippen molar-refractivity contribution >= 4 is 21.8 Å². The van der Waals surface area contributed by atoms with Crippen LogP contribution in [0, 0.1) is 0 Å². The molecule has 0 N–H and O–H groups in total. The second kappa shape index (κ2) is 3.85. The molecule has 0 bridgehead atoms. The van der Waals surface area contributed by atoms with Gasteiger partial charge in [0, 0.05) is 5.33 Å². The highest BCUT2D eigenvalue weighted by molar-refractivity contribution is 9.09. The summed E-state index contributed by atoms with van der Waals surface area (Å²) in [6.45, 7) is 0.511. The molecule has 1 rings (SSSR count). The molecule has 62 valence electrons. The van der Waals surface area contributed by atoms with Crippen LogP contribution in [0.2, 0.25) is 0 Å². The lowest BCUT2D eigenvalue weighted by Crippen LogP contribution is -2.50. The maximum absolute atomic E-state index is 12.2. The molecule has 0 radical (unpaired) electrons. The topological polar surface area (TPSA) is 20.3 Å². The number of likely N-dealkylation sites (tertiary alicyclic amines) is 1. The Balaban J connectivity index is 2.26. The molecule has 1 aliphatic rings. The molecule has 11 heavy (non-hydrogen) atoms. The van der Waals surface area contributed by atoms with Gasteiger partial charge in [-0.05, 0) is 6.08 Å². The van der Waals surface area contributed by atoms with Crippen molar-refractivity contribution in [3.63, 3.8) is 0 Å². The first-order valence-electron chi connectivity index (χ1n) is 3.39. The summed E-state index contributed by atoms with van der Waals surface area (Å²) in [4.78, 5) is 12.5. The standard InChI is InChI=1S/C7H9BrFNO/c8-3-1-2-7(11)10-4-6(9)5-10/h1-2,6H,3-5H2/b2-1+. The summed E-state index contributed by atoms with van der Waals surface area (Å²) in [5.41, 5.74) is 0. The van der Waals surface area contributed by atoms with Crippen LogP contribution in [0.1, 0.15) is 0 Å². The van der Waals surface area contributed by atoms with Crippen LogP contribution < -0.4 is 0 Å². The Hall–Kier alpha value is -0.380. The van der Waals surface area contributed by atoms with Crippen LogP contribution in [-0.2, 0) is 4.79 Å². The van der Waals surface area contributed by atoms with Crippen molar-refractivity contribution in [3.8, 4) is 0 Å². The average molecular weight is 222 g/mol. The zero-order valence-electron chi connectivity index (χ0n) is 5.96. The van der Waals surface area contributed by atoms with Gasteiger partial charge in [0.2, 0.25) is 5.91 Å². The van der Waals surface area contributed by atoms with Gasteiger partial charge in [0.05, 0.1) is 13.1 Å². The van der Waals surface area contributed by atoms with E-state index in [9.17, 15) is 9.18 Å². The summed E-state index contributed by atoms with van der Waals surface area (Å²) in [5, 5.41) is 0.658. The lowest BCUT2D eigenvalue weighted by Gasteiger charge is -2.33. The van der Waals surface area contributed by atoms with Crippen molar-refractivity contribution < 1.29 is 9.18 Å². The summed E-state index contributed by atoms with van der Waals surface area (Å²) in [6.07, 6.45) is 2.35. The van der Waals surface area contributed by atoms with E-state index in [2.05, 4.69) is 15.9 Å². The quantitative estimate of drug-likeness (QED) is 0.506. The molecule has 0 saturated carbocycles. The monoisotopic (exact) mass is 221 g/mol. The van der Waals surface area contributed by atoms with Crippen molar-refractivity contribution in [2.45, 2.75) is 6.17 Å². The van der Waals surface area contributed by atoms with E-state index in [1.54, 1.807) is 6.08 Å². The minimum Gasteiger partial charge on any atom is -0.333 e. The Bertz CT molecular complexity index is 177. The number of alkyl halides is 2. The number of halogens is 2. The fourth-order valence-corrected chi connectivity index (χ4v) is 1.04. The number of carbonyl (C=O) groups is 1. The first-order valence-corrected chi connectivity index (χ1v) is 4.51. The smallest absolute Gasteiger partial charge is 0.246 e. The second-order valence-electron chi connectivity index (χ2n) is 2.40. The highest BCUT2D eigenvalue weighted by atomic mass is 79.9. The van der Waals surface area contributed by atoms with E-state index in [0.717, 1.165) is 0 Å². The normalized spacial score (nSPS) is 18.9. The van der Waals surface area contributed by atoms with Crippen LogP contribution in [0.15, 0.2) is 12.2 Å². The zero-order valence-corrected chi connectivity index (χ0v) is 7.55. The second-order valence-corrected chi connectivity index (χ2v) is 3.04. The van der Waals surface area contributed by atoms with Gasteiger partial charge in [0.1, 0.15) is 6.17 Å². The predicted molar refractivity (Wildman–Crippen MR) is 44.4 cm³/mol. The van der Waals surface area contributed by atoms with Crippen LogP contribution in [0.5, 0.6) is 0 Å². The number of allylic oxidation sites excluding steroid dienone is 1. The lowest BCUT2D eigenvalue weighted by atomic mass is 10.2. The molecule has 1 fully saturated rings. The summed E-state index contributed by atoms with van der Waals surface area (Å²) in [6, 6.07) is 0. The van der Waals surface area contributed by atoms with Gasteiger partial charge in [-0.15, -0.1) is 0 Å². The van der Waals surface area contributed by atoms with Crippen LogP contribution in [0.25, 0.3) is 0 Å². The molecular formula is C7H9BrFNO. The van der Waals surface area contributed by atoms with Crippen LogP contribution in [-0.4, -0.2) is 35.4 Å². The van der Waals surface area contributed by atoms with Crippen molar-refractivity contribution in [2.24, 2.45) is 0 Å². The molecule has 1 aliphatic heterocycles. The molecular weight excluding hydrogens is 213 g/mol. The molecule has 1 amide bonds. The van der Waals surface area contributed by atoms with Gasteiger partial charge in [-0.25, -0.2) is 4.39 Å². The van der Waals surface area contributed by atoms with Crippen molar-refractivity contribution in [1.29, 1.82) is 0 Å². The summed E-state index contributed by atoms with van der Waals surface area (Å²) in [5.74, 6) is -0.0987. The van der Waals surface area contributed by atoms with E-state index in [1.807, 2.05) is 0 Å². The van der Waals surface area contributed by atoms with E-state index >= 15 is 0 Å². The largest absolute Gasteiger partial charge is 0.333 e. The SMILES string of the molecule is O=C(/C=C/CBr)N1CC(F)C1. The number of amides is 1. The van der Waals surface area contributed by atoms with Gasteiger partial charge in [-0.3, -0.25) is 4.79 Å². The third kappa shape index (κ3) is 2.29. The molecule has 0 unspecified atom stereocenters. The molecule has 0 aromatic rings. The van der Waals surface area contributed by atoms with E-state index in [0.29, 0.717) is 5.33 Å². The van der Waals surface area contributed by atoms with Gasteiger partial charge >= 0.3 is 0 Å². The average Bonchev–Trinajstić information content (AvgIpc) is 1.94. The van der Waals surface area contributed by atoms with Gasteiger partial charge in [-0.1, -0.05) is 22.0 Å². The summed E-state index contributed by atoms with van der Waals surface area (Å²) >= 11 is 3.15. The first kappa shape index (κ1) is 8.71. The third-order valence-corrected chi connectivity index (χ3v) is 1.87. The third-order valence-electron chi connectivity index (χ3n) is 1.50. The Kier molecular flexibility index (Phi) is 3.05. The summed E-state index contributed by atoms with van der Waals surface area (Å²) in [7, 11) is 0. The van der Waals surface area contributed by atoms with Gasteiger partial charge in [-0.2, -0.15) is 0 Å². The fraction of sp³-hybridized carbons (Fsp3) is 0.571. The van der Waals surface area contributed by atoms with Gasteiger partial charge < -0.3 is 4.90 Å². The number of hydrogen-bond acceptors (Lipinski definition) is 1. The van der Waals surface area contributed by atoms with Crippen molar-refractivity contribution in [1.82, 2.24) is 4.90 Å². The van der Waals surface area contributed by atoms with E-state index in [-0.39, 0.29) is 19.0 Å². The van der Waals surface area contributed by atoms with Crippen molar-refractivity contribution in [2.75, 3.05) is 18.4 Å². The van der Waals surface area contributed by atoms with E-state index in [1.165, 1.54) is 11.0 Å². The minimum absolute atomic E-state index is 0.0987. The van der Waals surface area contributed by atoms with E-state index in [4.69, 9.17) is 0 Å². The molecule has 2 nitrogen and oxygen atoms in total. The molecule has 0 aliphatic carbocycles. The molecule has 4 heteroatoms. The number of hydrogen-bond donors (Lipinski definition) is 0. The maximum Gasteiger partial charge on any atom is 0.246 e. The number of nitrogens with zero attached hydrogens (tertiary/aromatic N) is 1. The highest BCUT2D eigenvalue weighted by Crippen LogP contribution is 2.11. The number of rotatable bonds is 2. The maximum atomic E-state index is 12.2. The Labute approximate surface area is 73.2 Å². The Morgan fingerprint density at radius 3 is 2.82 bits per heavy atom. The predicted octanol–water partition coefficient (Wildman–Crippen LogP) is 1.12. The zero-order chi connectivity index (χ0) is 8.27. The molecule has 1 saturated heterocycles. The molecule has 0 aromatic carbocycles. The van der Waals surface area contributed by atoms with Gasteiger partial charge in [0.15, 0.2) is 0 Å². The first-order chi connectivity index (χ1) is 5.24. The Morgan fingerprint density at radius 1 is 1.73 bits per heavy atom. The van der Waals surface area contributed by atoms with Gasteiger partial charge in [0.25, 0.3) is 0 Å². The number of carbonyl (C=O) groups excluding carboxylic acids is 1. The van der Waals surface area contributed by atoms with E-state index < -0.39 is 6.17 Å². The van der Waals surface area contributed by atoms with Crippen molar-refractivity contribution in [3.05, 3.63) is 12.2 Å². The molecule has 0 aromatic heterocycles. The Morgan fingerprint density at radius 2 is 2.36 bits per heavy atom. The summed E-state index contributed by atoms with van der Waals surface area (Å²) < 4.78 is 12.2. The minimum atomic E-state index is -0.809. The van der Waals surface area contributed by atoms with Crippen LogP contribution in [0.3, 0.4) is 0 Å². The highest BCUT2D eigenvalue weighted by Gasteiger charge is 2.28. The molecule has 0 atom stereocenters. The van der Waals surface area contributed by atoms with Crippen LogP contribution in [0.4, 0.5) is 4.39 Å². The molecule has 0 spiro atoms. The fourth-order valence-electron chi connectivity index (χ4n) is 0.856. The van der Waals surface area contributed by atoms with Crippen LogP contribution >= 0.6 is 15.9 Å². The molecule has 1 heterocycles. The lowest BCUT2D eigenvalue weighted by molar-refractivity contribution is -0.132.